The molecule has 0 bridgehead atoms. The molecule has 1 N–H and O–H groups in total. The molecule has 1 atom stereocenters. The summed E-state index contributed by atoms with van der Waals surface area (Å²) >= 11 is 0. The molecule has 1 aliphatic heterocycles. The summed E-state index contributed by atoms with van der Waals surface area (Å²) in [7, 11) is 0. The number of ether oxygens (including phenoxy) is 1. The smallest absolute Gasteiger partial charge is 0.248 e. The topological polar surface area (TPSA) is 74.8 Å². The Morgan fingerprint density at radius 1 is 1.03 bits per heavy atom. The van der Waals surface area contributed by atoms with Crippen molar-refractivity contribution in [2.24, 2.45) is 0 Å². The van der Waals surface area contributed by atoms with E-state index >= 15 is 0 Å². The zero-order valence-corrected chi connectivity index (χ0v) is 17.5. The number of aryl methyl sites for hydroxylation is 1. The van der Waals surface area contributed by atoms with E-state index in [0.29, 0.717) is 13.1 Å². The first-order chi connectivity index (χ1) is 14.6. The van der Waals surface area contributed by atoms with E-state index in [-0.39, 0.29) is 31.1 Å². The number of anilines is 1. The zero-order chi connectivity index (χ0) is 21.2. The first-order valence-electron chi connectivity index (χ1n) is 10.5. The minimum Gasteiger partial charge on any atom is -0.362 e. The Hall–Kier alpha value is -2.93. The molecular formula is C23H30N4O3. The fourth-order valence-electron chi connectivity index (χ4n) is 3.46. The van der Waals surface area contributed by atoms with Crippen LogP contribution < -0.4 is 10.2 Å². The lowest BCUT2D eigenvalue weighted by atomic mass is 10.1. The molecule has 1 aromatic heterocycles. The van der Waals surface area contributed by atoms with Crippen LogP contribution in [0.25, 0.3) is 0 Å². The van der Waals surface area contributed by atoms with Crippen LogP contribution in [-0.2, 0) is 20.7 Å². The SMILES string of the molecule is C[C@H](CCc1ccccc1)NC(=O)COCC(=O)N1CCN(c2ccccn2)CC1. The molecule has 1 saturated heterocycles. The van der Waals surface area contributed by atoms with Gasteiger partial charge in [0.25, 0.3) is 0 Å². The third-order valence-corrected chi connectivity index (χ3v) is 5.18. The summed E-state index contributed by atoms with van der Waals surface area (Å²) in [5.74, 6) is 0.655. The Morgan fingerprint density at radius 2 is 1.77 bits per heavy atom. The van der Waals surface area contributed by atoms with Crippen LogP contribution in [0.5, 0.6) is 0 Å². The van der Waals surface area contributed by atoms with Crippen molar-refractivity contribution in [1.82, 2.24) is 15.2 Å². The second kappa shape index (κ2) is 11.3. The van der Waals surface area contributed by atoms with E-state index in [1.807, 2.05) is 43.3 Å². The fraction of sp³-hybridized carbons (Fsp3) is 0.435. The molecule has 160 valence electrons. The van der Waals surface area contributed by atoms with Gasteiger partial charge in [-0.25, -0.2) is 4.98 Å². The lowest BCUT2D eigenvalue weighted by Crippen LogP contribution is -2.50. The number of nitrogens with zero attached hydrogens (tertiary/aromatic N) is 3. The number of nitrogens with one attached hydrogen (secondary N) is 1. The number of hydrogen-bond acceptors (Lipinski definition) is 5. The summed E-state index contributed by atoms with van der Waals surface area (Å²) in [5, 5.41) is 2.92. The first-order valence-corrected chi connectivity index (χ1v) is 10.5. The number of carbonyl (C=O) groups is 2. The average molecular weight is 411 g/mol. The van der Waals surface area contributed by atoms with Crippen LogP contribution in [0.2, 0.25) is 0 Å². The summed E-state index contributed by atoms with van der Waals surface area (Å²) in [6.45, 7) is 4.53. The van der Waals surface area contributed by atoms with Crippen molar-refractivity contribution in [3.05, 3.63) is 60.3 Å². The van der Waals surface area contributed by atoms with Crippen molar-refractivity contribution in [1.29, 1.82) is 0 Å². The molecule has 2 amide bonds. The maximum absolute atomic E-state index is 12.3. The van der Waals surface area contributed by atoms with Gasteiger partial charge in [0.2, 0.25) is 11.8 Å². The standard InChI is InChI=1S/C23H30N4O3/c1-19(10-11-20-7-3-2-4-8-20)25-22(28)17-30-18-23(29)27-15-13-26(14-16-27)21-9-5-6-12-24-21/h2-9,12,19H,10-11,13-18H2,1H3,(H,25,28)/t19-/m1/s1. The lowest BCUT2D eigenvalue weighted by molar-refractivity contribution is -0.138. The third kappa shape index (κ3) is 6.84. The second-order valence-electron chi connectivity index (χ2n) is 7.54. The number of benzene rings is 1. The van der Waals surface area contributed by atoms with Gasteiger partial charge in [-0.1, -0.05) is 36.4 Å². The Labute approximate surface area is 178 Å². The van der Waals surface area contributed by atoms with E-state index in [0.717, 1.165) is 31.7 Å². The Balaban J connectivity index is 1.29. The van der Waals surface area contributed by atoms with E-state index < -0.39 is 0 Å². The van der Waals surface area contributed by atoms with E-state index in [1.165, 1.54) is 5.56 Å². The number of piperazine rings is 1. The van der Waals surface area contributed by atoms with E-state index in [4.69, 9.17) is 4.74 Å². The van der Waals surface area contributed by atoms with Crippen molar-refractivity contribution in [2.75, 3.05) is 44.3 Å². The highest BCUT2D eigenvalue weighted by Gasteiger charge is 2.22. The number of rotatable bonds is 9. The summed E-state index contributed by atoms with van der Waals surface area (Å²) in [6.07, 6.45) is 3.54. The molecule has 1 aromatic carbocycles. The van der Waals surface area contributed by atoms with Crippen molar-refractivity contribution < 1.29 is 14.3 Å². The van der Waals surface area contributed by atoms with Crippen LogP contribution in [0.15, 0.2) is 54.7 Å². The maximum Gasteiger partial charge on any atom is 0.248 e. The normalized spacial score (nSPS) is 15.0. The minimum absolute atomic E-state index is 0.0525. The van der Waals surface area contributed by atoms with Crippen LogP contribution in [-0.4, -0.2) is 67.1 Å². The van der Waals surface area contributed by atoms with Crippen molar-refractivity contribution in [3.63, 3.8) is 0 Å². The van der Waals surface area contributed by atoms with Gasteiger partial charge in [0.1, 0.15) is 19.0 Å². The molecule has 0 spiro atoms. The average Bonchev–Trinajstić information content (AvgIpc) is 2.79. The third-order valence-electron chi connectivity index (χ3n) is 5.18. The summed E-state index contributed by atoms with van der Waals surface area (Å²) < 4.78 is 5.36. The van der Waals surface area contributed by atoms with Gasteiger partial charge in [-0.2, -0.15) is 0 Å². The molecular weight excluding hydrogens is 380 g/mol. The number of hydrogen-bond donors (Lipinski definition) is 1. The molecule has 0 saturated carbocycles. The van der Waals surface area contributed by atoms with Gasteiger partial charge < -0.3 is 19.9 Å². The van der Waals surface area contributed by atoms with Crippen LogP contribution >= 0.6 is 0 Å². The Bertz CT molecular complexity index is 793. The van der Waals surface area contributed by atoms with E-state index in [2.05, 4.69) is 27.3 Å². The highest BCUT2D eigenvalue weighted by atomic mass is 16.5. The van der Waals surface area contributed by atoms with Gasteiger partial charge >= 0.3 is 0 Å². The maximum atomic E-state index is 12.3. The summed E-state index contributed by atoms with van der Waals surface area (Å²) in [6, 6.07) is 16.1. The van der Waals surface area contributed by atoms with E-state index in [1.54, 1.807) is 11.1 Å². The largest absolute Gasteiger partial charge is 0.362 e. The fourth-order valence-corrected chi connectivity index (χ4v) is 3.46. The van der Waals surface area contributed by atoms with Crippen LogP contribution in [0.1, 0.15) is 18.9 Å². The summed E-state index contributed by atoms with van der Waals surface area (Å²) in [5.41, 5.74) is 1.25. The predicted molar refractivity (Wildman–Crippen MR) is 116 cm³/mol. The van der Waals surface area contributed by atoms with Crippen LogP contribution in [0.3, 0.4) is 0 Å². The second-order valence-corrected chi connectivity index (χ2v) is 7.54. The molecule has 7 heteroatoms. The van der Waals surface area contributed by atoms with E-state index in [9.17, 15) is 9.59 Å². The molecule has 1 fully saturated rings. The molecule has 0 aliphatic carbocycles. The predicted octanol–water partition coefficient (Wildman–Crippen LogP) is 1.88. The monoisotopic (exact) mass is 410 g/mol. The molecule has 0 radical (unpaired) electrons. The lowest BCUT2D eigenvalue weighted by Gasteiger charge is -2.35. The molecule has 1 aliphatic rings. The quantitative estimate of drug-likeness (QED) is 0.683. The highest BCUT2D eigenvalue weighted by molar-refractivity contribution is 5.80. The molecule has 30 heavy (non-hydrogen) atoms. The summed E-state index contributed by atoms with van der Waals surface area (Å²) in [4.78, 5) is 32.7. The van der Waals surface area contributed by atoms with Crippen LogP contribution in [0.4, 0.5) is 5.82 Å². The van der Waals surface area contributed by atoms with Gasteiger partial charge in [0.05, 0.1) is 0 Å². The highest BCUT2D eigenvalue weighted by Crippen LogP contribution is 2.12. The van der Waals surface area contributed by atoms with Crippen molar-refractivity contribution in [3.8, 4) is 0 Å². The number of aromatic nitrogens is 1. The minimum atomic E-state index is -0.191. The van der Waals surface area contributed by atoms with Gasteiger partial charge in [-0.3, -0.25) is 9.59 Å². The first kappa shape index (κ1) is 21.8. The number of amides is 2. The number of carbonyl (C=O) groups excluding carboxylic acids is 2. The molecule has 0 unspecified atom stereocenters. The Kier molecular flexibility index (Phi) is 8.20. The molecule has 3 rings (SSSR count). The van der Waals surface area contributed by atoms with Gasteiger partial charge in [-0.05, 0) is 37.5 Å². The van der Waals surface area contributed by atoms with Crippen LogP contribution in [0, 0.1) is 0 Å². The molecule has 2 aromatic rings. The zero-order valence-electron chi connectivity index (χ0n) is 17.5. The Morgan fingerprint density at radius 3 is 2.47 bits per heavy atom. The van der Waals surface area contributed by atoms with Gasteiger partial charge in [0.15, 0.2) is 0 Å². The molecule has 2 heterocycles. The molecule has 7 nitrogen and oxygen atoms in total. The number of pyridine rings is 1. The van der Waals surface area contributed by atoms with Crippen molar-refractivity contribution in [2.45, 2.75) is 25.8 Å². The van der Waals surface area contributed by atoms with Gasteiger partial charge in [-0.15, -0.1) is 0 Å². The van der Waals surface area contributed by atoms with Crippen molar-refractivity contribution >= 4 is 17.6 Å². The van der Waals surface area contributed by atoms with Gasteiger partial charge in [0, 0.05) is 38.4 Å².